The lowest BCUT2D eigenvalue weighted by atomic mass is 10.0. The Kier molecular flexibility index (Phi) is 5.90. The van der Waals surface area contributed by atoms with Gasteiger partial charge in [0.1, 0.15) is 0 Å². The van der Waals surface area contributed by atoms with Gasteiger partial charge < -0.3 is 14.5 Å². The molecule has 4 nitrogen and oxygen atoms in total. The number of hydrogen-bond acceptors (Lipinski definition) is 3. The van der Waals surface area contributed by atoms with Gasteiger partial charge in [0.05, 0.1) is 6.10 Å². The monoisotopic (exact) mass is 330 g/mol. The fourth-order valence-corrected chi connectivity index (χ4v) is 3.87. The molecule has 1 saturated heterocycles. The zero-order valence-electron chi connectivity index (χ0n) is 15.0. The van der Waals surface area contributed by atoms with Gasteiger partial charge in [-0.3, -0.25) is 4.79 Å². The molecular weight excluding hydrogens is 300 g/mol. The third-order valence-electron chi connectivity index (χ3n) is 5.54. The molecule has 1 aromatic carbocycles. The SMILES string of the molecule is CN1CCC(N(C)C(=O)C(OC2CCCC2)c2ccccc2)CC1. The number of benzene rings is 1. The van der Waals surface area contributed by atoms with Crippen molar-refractivity contribution < 1.29 is 9.53 Å². The van der Waals surface area contributed by atoms with E-state index in [2.05, 4.69) is 11.9 Å². The maximum Gasteiger partial charge on any atom is 0.256 e. The van der Waals surface area contributed by atoms with E-state index in [1.54, 1.807) is 0 Å². The number of rotatable bonds is 5. The van der Waals surface area contributed by atoms with Crippen LogP contribution in [0.15, 0.2) is 30.3 Å². The number of likely N-dealkylation sites (N-methyl/N-ethyl adjacent to an activating group) is 1. The van der Waals surface area contributed by atoms with Crippen molar-refractivity contribution in [2.24, 2.45) is 0 Å². The summed E-state index contributed by atoms with van der Waals surface area (Å²) in [6.07, 6.45) is 6.44. The Morgan fingerprint density at radius 1 is 1.12 bits per heavy atom. The predicted molar refractivity (Wildman–Crippen MR) is 95.8 cm³/mol. The van der Waals surface area contributed by atoms with Gasteiger partial charge in [-0.2, -0.15) is 0 Å². The van der Waals surface area contributed by atoms with E-state index in [0.717, 1.165) is 44.3 Å². The maximum absolute atomic E-state index is 13.2. The van der Waals surface area contributed by atoms with E-state index in [1.807, 2.05) is 42.3 Å². The molecule has 1 atom stereocenters. The first-order chi connectivity index (χ1) is 11.6. The molecule has 4 heteroatoms. The molecule has 2 aliphatic rings. The van der Waals surface area contributed by atoms with Gasteiger partial charge >= 0.3 is 0 Å². The van der Waals surface area contributed by atoms with Crippen molar-refractivity contribution in [1.29, 1.82) is 0 Å². The highest BCUT2D eigenvalue weighted by molar-refractivity contribution is 5.82. The van der Waals surface area contributed by atoms with E-state index in [9.17, 15) is 4.79 Å². The standard InChI is InChI=1S/C20H30N2O2/c1-21-14-12-17(13-15-21)22(2)20(23)19(16-8-4-3-5-9-16)24-18-10-6-7-11-18/h3-5,8-9,17-19H,6-7,10-15H2,1-2H3. The van der Waals surface area contributed by atoms with Crippen LogP contribution < -0.4 is 0 Å². The Morgan fingerprint density at radius 2 is 1.75 bits per heavy atom. The molecule has 0 aromatic heterocycles. The van der Waals surface area contributed by atoms with Crippen LogP contribution in [0.25, 0.3) is 0 Å². The number of ether oxygens (including phenoxy) is 1. The first-order valence-electron chi connectivity index (χ1n) is 9.31. The zero-order valence-corrected chi connectivity index (χ0v) is 15.0. The highest BCUT2D eigenvalue weighted by Crippen LogP contribution is 2.30. The largest absolute Gasteiger partial charge is 0.360 e. The summed E-state index contributed by atoms with van der Waals surface area (Å²) in [5, 5.41) is 0. The lowest BCUT2D eigenvalue weighted by Crippen LogP contribution is -2.46. The fourth-order valence-electron chi connectivity index (χ4n) is 3.87. The molecule has 1 aliphatic carbocycles. The van der Waals surface area contributed by atoms with E-state index in [0.29, 0.717) is 6.04 Å². The number of carbonyl (C=O) groups excluding carboxylic acids is 1. The fraction of sp³-hybridized carbons (Fsp3) is 0.650. The maximum atomic E-state index is 13.2. The molecule has 1 aliphatic heterocycles. The third-order valence-corrected chi connectivity index (χ3v) is 5.54. The number of carbonyl (C=O) groups is 1. The number of likely N-dealkylation sites (tertiary alicyclic amines) is 1. The van der Waals surface area contributed by atoms with Crippen LogP contribution in [0.2, 0.25) is 0 Å². The minimum Gasteiger partial charge on any atom is -0.360 e. The molecule has 1 amide bonds. The average molecular weight is 330 g/mol. The summed E-state index contributed by atoms with van der Waals surface area (Å²) in [7, 11) is 4.10. The molecule has 1 unspecified atom stereocenters. The van der Waals surface area contributed by atoms with Crippen LogP contribution in [-0.2, 0) is 9.53 Å². The molecule has 1 saturated carbocycles. The molecular formula is C20H30N2O2. The Morgan fingerprint density at radius 3 is 2.38 bits per heavy atom. The second-order valence-electron chi connectivity index (χ2n) is 7.32. The van der Waals surface area contributed by atoms with Gasteiger partial charge in [-0.1, -0.05) is 43.2 Å². The van der Waals surface area contributed by atoms with Crippen molar-refractivity contribution in [3.05, 3.63) is 35.9 Å². The van der Waals surface area contributed by atoms with Gasteiger partial charge in [-0.25, -0.2) is 0 Å². The quantitative estimate of drug-likeness (QED) is 0.831. The Labute approximate surface area is 145 Å². The van der Waals surface area contributed by atoms with Gasteiger partial charge in [-0.15, -0.1) is 0 Å². The van der Waals surface area contributed by atoms with Crippen LogP contribution in [0.3, 0.4) is 0 Å². The first kappa shape index (κ1) is 17.4. The summed E-state index contributed by atoms with van der Waals surface area (Å²) < 4.78 is 6.29. The van der Waals surface area contributed by atoms with Crippen LogP contribution >= 0.6 is 0 Å². The molecule has 1 heterocycles. The molecule has 0 N–H and O–H groups in total. The van der Waals surface area contributed by atoms with Gasteiger partial charge in [0.15, 0.2) is 6.10 Å². The number of amides is 1. The minimum atomic E-state index is -0.459. The number of nitrogens with zero attached hydrogens (tertiary/aromatic N) is 2. The molecule has 3 rings (SSSR count). The summed E-state index contributed by atoms with van der Waals surface area (Å²) in [5.41, 5.74) is 0.981. The number of piperidine rings is 1. The van der Waals surface area contributed by atoms with Crippen molar-refractivity contribution in [3.8, 4) is 0 Å². The lowest BCUT2D eigenvalue weighted by molar-refractivity contribution is -0.149. The first-order valence-corrected chi connectivity index (χ1v) is 9.31. The second-order valence-corrected chi connectivity index (χ2v) is 7.32. The smallest absolute Gasteiger partial charge is 0.256 e. The lowest BCUT2D eigenvalue weighted by Gasteiger charge is -2.37. The van der Waals surface area contributed by atoms with E-state index in [4.69, 9.17) is 4.74 Å². The predicted octanol–water partition coefficient (Wildman–Crippen LogP) is 3.24. The highest BCUT2D eigenvalue weighted by atomic mass is 16.5. The van der Waals surface area contributed by atoms with Crippen LogP contribution in [0, 0.1) is 0 Å². The summed E-state index contributed by atoms with van der Waals surface area (Å²) in [6.45, 7) is 2.11. The molecule has 0 spiro atoms. The zero-order chi connectivity index (χ0) is 16.9. The summed E-state index contributed by atoms with van der Waals surface area (Å²) in [4.78, 5) is 17.5. The molecule has 24 heavy (non-hydrogen) atoms. The van der Waals surface area contributed by atoms with Crippen molar-refractivity contribution in [2.45, 2.75) is 56.8 Å². The van der Waals surface area contributed by atoms with Crippen LogP contribution in [0.5, 0.6) is 0 Å². The van der Waals surface area contributed by atoms with E-state index < -0.39 is 6.10 Å². The van der Waals surface area contributed by atoms with Crippen LogP contribution in [0.4, 0.5) is 0 Å². The van der Waals surface area contributed by atoms with Crippen LogP contribution in [-0.4, -0.2) is 55.0 Å². The van der Waals surface area contributed by atoms with Gasteiger partial charge in [0, 0.05) is 13.1 Å². The Hall–Kier alpha value is -1.39. The molecule has 0 radical (unpaired) electrons. The molecule has 132 valence electrons. The number of hydrogen-bond donors (Lipinski definition) is 0. The van der Waals surface area contributed by atoms with Gasteiger partial charge in [0.2, 0.25) is 0 Å². The van der Waals surface area contributed by atoms with Gasteiger partial charge in [-0.05, 0) is 51.4 Å². The van der Waals surface area contributed by atoms with Crippen molar-refractivity contribution in [2.75, 3.05) is 27.2 Å². The summed E-state index contributed by atoms with van der Waals surface area (Å²) in [5.74, 6) is 0.114. The minimum absolute atomic E-state index is 0.114. The van der Waals surface area contributed by atoms with Crippen molar-refractivity contribution in [1.82, 2.24) is 9.80 Å². The topological polar surface area (TPSA) is 32.8 Å². The van der Waals surface area contributed by atoms with Crippen molar-refractivity contribution in [3.63, 3.8) is 0 Å². The van der Waals surface area contributed by atoms with E-state index >= 15 is 0 Å². The molecule has 2 fully saturated rings. The molecule has 1 aromatic rings. The highest BCUT2D eigenvalue weighted by Gasteiger charge is 2.32. The summed E-state index contributed by atoms with van der Waals surface area (Å²) >= 11 is 0. The van der Waals surface area contributed by atoms with Crippen LogP contribution in [0.1, 0.15) is 50.2 Å². The van der Waals surface area contributed by atoms with Crippen molar-refractivity contribution >= 4 is 5.91 Å². The van der Waals surface area contributed by atoms with E-state index in [-0.39, 0.29) is 12.0 Å². The average Bonchev–Trinajstić information content (AvgIpc) is 3.13. The normalized spacial score (nSPS) is 21.8. The molecule has 0 bridgehead atoms. The summed E-state index contributed by atoms with van der Waals surface area (Å²) in [6, 6.07) is 10.3. The third kappa shape index (κ3) is 4.17. The second kappa shape index (κ2) is 8.13. The Bertz CT molecular complexity index is 520. The Balaban J connectivity index is 1.72. The van der Waals surface area contributed by atoms with Gasteiger partial charge in [0.25, 0.3) is 5.91 Å². The van der Waals surface area contributed by atoms with E-state index in [1.165, 1.54) is 12.8 Å².